The lowest BCUT2D eigenvalue weighted by Crippen LogP contribution is -2.18. The van der Waals surface area contributed by atoms with E-state index in [0.29, 0.717) is 28.1 Å². The van der Waals surface area contributed by atoms with Crippen LogP contribution >= 0.6 is 0 Å². The Morgan fingerprint density at radius 2 is 1.71 bits per heavy atom. The van der Waals surface area contributed by atoms with Gasteiger partial charge in [0.2, 0.25) is 0 Å². The van der Waals surface area contributed by atoms with Crippen molar-refractivity contribution in [2.75, 3.05) is 13.1 Å². The fraction of sp³-hybridized carbons (Fsp3) is 0.172. The van der Waals surface area contributed by atoms with Crippen LogP contribution in [0.25, 0.3) is 55.8 Å². The number of pyridine rings is 2. The van der Waals surface area contributed by atoms with Gasteiger partial charge in [0, 0.05) is 41.6 Å². The maximum atomic E-state index is 15.2. The molecule has 0 unspecified atom stereocenters. The highest BCUT2D eigenvalue weighted by Gasteiger charge is 2.19. The maximum absolute atomic E-state index is 15.2. The summed E-state index contributed by atoms with van der Waals surface area (Å²) in [6, 6.07) is 13.4. The predicted molar refractivity (Wildman–Crippen MR) is 142 cm³/mol. The average molecular weight is 508 g/mol. The van der Waals surface area contributed by atoms with E-state index in [1.165, 1.54) is 31.0 Å². The molecule has 1 aliphatic rings. The molecule has 1 aliphatic heterocycles. The number of rotatable bonds is 5. The summed E-state index contributed by atoms with van der Waals surface area (Å²) < 4.78 is 28.7. The topological polar surface area (TPSA) is 86.4 Å². The molecule has 0 saturated carbocycles. The Morgan fingerprint density at radius 1 is 0.868 bits per heavy atom. The third-order valence-electron chi connectivity index (χ3n) is 7.10. The number of aromatic amines is 2. The van der Waals surface area contributed by atoms with Gasteiger partial charge in [0.25, 0.3) is 0 Å². The highest BCUT2D eigenvalue weighted by atomic mass is 19.1. The van der Waals surface area contributed by atoms with Crippen LogP contribution in [0.5, 0.6) is 0 Å². The van der Waals surface area contributed by atoms with Gasteiger partial charge in [-0.2, -0.15) is 5.10 Å². The van der Waals surface area contributed by atoms with Crippen LogP contribution in [0.3, 0.4) is 0 Å². The van der Waals surface area contributed by atoms with Crippen LogP contribution in [0.1, 0.15) is 18.4 Å². The molecule has 7 nitrogen and oxygen atoms in total. The summed E-state index contributed by atoms with van der Waals surface area (Å²) in [6.07, 6.45) is 7.76. The smallest absolute Gasteiger partial charge is 0.157 e. The first-order valence-electron chi connectivity index (χ1n) is 12.6. The molecule has 1 saturated heterocycles. The Kier molecular flexibility index (Phi) is 5.44. The first kappa shape index (κ1) is 22.7. The largest absolute Gasteiger partial charge is 0.337 e. The van der Waals surface area contributed by atoms with Crippen LogP contribution in [0.15, 0.2) is 67.1 Å². The van der Waals surface area contributed by atoms with Crippen LogP contribution in [-0.4, -0.2) is 48.1 Å². The summed E-state index contributed by atoms with van der Waals surface area (Å²) in [6.45, 7) is 3.03. The Morgan fingerprint density at radius 3 is 2.55 bits per heavy atom. The van der Waals surface area contributed by atoms with Crippen molar-refractivity contribution in [1.82, 2.24) is 35.0 Å². The molecule has 4 aromatic heterocycles. The number of H-pyrrole nitrogens is 2. The average Bonchev–Trinajstić information content (AvgIpc) is 3.69. The summed E-state index contributed by atoms with van der Waals surface area (Å²) >= 11 is 0. The fourth-order valence-electron chi connectivity index (χ4n) is 5.23. The molecule has 2 N–H and O–H groups in total. The minimum Gasteiger partial charge on any atom is -0.337 e. The first-order valence-corrected chi connectivity index (χ1v) is 12.6. The zero-order valence-electron chi connectivity index (χ0n) is 20.4. The molecule has 0 bridgehead atoms. The molecule has 0 radical (unpaired) electrons. The van der Waals surface area contributed by atoms with E-state index in [2.05, 4.69) is 36.1 Å². The van der Waals surface area contributed by atoms with Crippen molar-refractivity contribution in [3.05, 3.63) is 84.3 Å². The highest BCUT2D eigenvalue weighted by molar-refractivity contribution is 5.97. The van der Waals surface area contributed by atoms with Gasteiger partial charge in [0.1, 0.15) is 22.5 Å². The number of fused-ring (bicyclic) bond motifs is 2. The molecule has 0 amide bonds. The second kappa shape index (κ2) is 9.11. The van der Waals surface area contributed by atoms with Gasteiger partial charge in [-0.25, -0.2) is 13.8 Å². The molecule has 9 heteroatoms. The van der Waals surface area contributed by atoms with E-state index in [-0.39, 0.29) is 11.3 Å². The molecular formula is C29H23F2N7. The van der Waals surface area contributed by atoms with Gasteiger partial charge in [0.15, 0.2) is 11.6 Å². The highest BCUT2D eigenvalue weighted by Crippen LogP contribution is 2.34. The van der Waals surface area contributed by atoms with Crippen molar-refractivity contribution in [1.29, 1.82) is 0 Å². The molecule has 2 aromatic carbocycles. The molecule has 6 aromatic rings. The van der Waals surface area contributed by atoms with E-state index in [1.54, 1.807) is 24.5 Å². The second-order valence-corrected chi connectivity index (χ2v) is 9.67. The predicted octanol–water partition coefficient (Wildman–Crippen LogP) is 6.10. The fourth-order valence-corrected chi connectivity index (χ4v) is 5.23. The van der Waals surface area contributed by atoms with Crippen molar-refractivity contribution in [2.45, 2.75) is 19.4 Å². The lowest BCUT2D eigenvalue weighted by atomic mass is 10.0. The molecule has 5 heterocycles. The summed E-state index contributed by atoms with van der Waals surface area (Å²) in [7, 11) is 0. The molecule has 1 fully saturated rings. The van der Waals surface area contributed by atoms with Crippen molar-refractivity contribution >= 4 is 21.9 Å². The summed E-state index contributed by atoms with van der Waals surface area (Å²) in [5, 5.41) is 7.81. The van der Waals surface area contributed by atoms with Crippen molar-refractivity contribution in [3.63, 3.8) is 0 Å². The van der Waals surface area contributed by atoms with Gasteiger partial charge in [-0.1, -0.05) is 0 Å². The first-order chi connectivity index (χ1) is 18.6. The van der Waals surface area contributed by atoms with Crippen LogP contribution in [-0.2, 0) is 6.54 Å². The van der Waals surface area contributed by atoms with Crippen LogP contribution in [0.4, 0.5) is 8.78 Å². The van der Waals surface area contributed by atoms with Crippen LogP contribution < -0.4 is 0 Å². The number of hydrogen-bond acceptors (Lipinski definition) is 5. The molecule has 0 spiro atoms. The zero-order valence-corrected chi connectivity index (χ0v) is 20.4. The number of likely N-dealkylation sites (tertiary alicyclic amines) is 1. The van der Waals surface area contributed by atoms with Crippen molar-refractivity contribution in [3.8, 4) is 33.9 Å². The lowest BCUT2D eigenvalue weighted by molar-refractivity contribution is 0.331. The number of hydrogen-bond donors (Lipinski definition) is 2. The lowest BCUT2D eigenvalue weighted by Gasteiger charge is -2.14. The monoisotopic (exact) mass is 507 g/mol. The van der Waals surface area contributed by atoms with Gasteiger partial charge in [-0.3, -0.25) is 20.0 Å². The minimum atomic E-state index is -0.422. The molecule has 0 atom stereocenters. The Bertz CT molecular complexity index is 1780. The van der Waals surface area contributed by atoms with Crippen molar-refractivity contribution in [2.24, 2.45) is 0 Å². The van der Waals surface area contributed by atoms with E-state index in [9.17, 15) is 4.39 Å². The van der Waals surface area contributed by atoms with E-state index >= 15 is 4.39 Å². The van der Waals surface area contributed by atoms with Gasteiger partial charge in [-0.05, 0) is 85.6 Å². The Balaban J connectivity index is 1.30. The number of nitrogens with zero attached hydrogens (tertiary/aromatic N) is 5. The SMILES string of the molecule is Fc1ccc(-c2nccc3[nH]c(-c4[nH]nc5c(F)cc(-c6cncc(CN7CCCC7)c6)cc45)nc23)cc1. The number of aromatic nitrogens is 6. The standard InChI is InChI=1S/C29H23F2N7/c30-21-5-3-18(4-6-21)25-28-24(7-8-33-25)34-29(35-28)27-22-12-19(13-23(31)26(22)36-37-27)20-11-17(14-32-15-20)16-38-9-1-2-10-38/h3-8,11-15H,1-2,9-10,16H2,(H,34,35)(H,36,37). The van der Waals surface area contributed by atoms with Crippen LogP contribution in [0.2, 0.25) is 0 Å². The van der Waals surface area contributed by atoms with E-state index in [1.807, 2.05) is 18.3 Å². The third kappa shape index (κ3) is 4.01. The molecular weight excluding hydrogens is 484 g/mol. The van der Waals surface area contributed by atoms with E-state index < -0.39 is 5.82 Å². The van der Waals surface area contributed by atoms with Crippen LogP contribution in [0, 0.1) is 11.6 Å². The number of benzene rings is 2. The van der Waals surface area contributed by atoms with Gasteiger partial charge in [0.05, 0.1) is 11.2 Å². The number of imidazole rings is 1. The van der Waals surface area contributed by atoms with Gasteiger partial charge >= 0.3 is 0 Å². The van der Waals surface area contributed by atoms with Gasteiger partial charge < -0.3 is 4.98 Å². The molecule has 188 valence electrons. The summed E-state index contributed by atoms with van der Waals surface area (Å²) in [4.78, 5) is 19.4. The quantitative estimate of drug-likeness (QED) is 0.294. The third-order valence-corrected chi connectivity index (χ3v) is 7.10. The summed E-state index contributed by atoms with van der Waals surface area (Å²) in [5.41, 5.74) is 6.25. The number of nitrogens with one attached hydrogen (secondary N) is 2. The van der Waals surface area contributed by atoms with E-state index in [4.69, 9.17) is 4.98 Å². The second-order valence-electron chi connectivity index (χ2n) is 9.67. The Hall–Kier alpha value is -4.50. The van der Waals surface area contributed by atoms with Gasteiger partial charge in [-0.15, -0.1) is 0 Å². The molecule has 0 aliphatic carbocycles. The summed E-state index contributed by atoms with van der Waals surface area (Å²) in [5.74, 6) is -0.228. The number of halogens is 2. The van der Waals surface area contributed by atoms with E-state index in [0.717, 1.165) is 47.4 Å². The normalized spacial score (nSPS) is 14.2. The zero-order chi connectivity index (χ0) is 25.6. The molecule has 38 heavy (non-hydrogen) atoms. The molecule has 7 rings (SSSR count). The Labute approximate surface area is 216 Å². The minimum absolute atomic E-state index is 0.238. The van der Waals surface area contributed by atoms with Crippen molar-refractivity contribution < 1.29 is 8.78 Å². The maximum Gasteiger partial charge on any atom is 0.157 e.